The molecule has 3 aromatic rings. The average molecular weight is 463 g/mol. The van der Waals surface area contributed by atoms with E-state index in [4.69, 9.17) is 44.3 Å². The zero-order chi connectivity index (χ0) is 21.1. The van der Waals surface area contributed by atoms with Gasteiger partial charge in [0.05, 0.1) is 16.6 Å². The lowest BCUT2D eigenvalue weighted by atomic mass is 10.1. The Balaban J connectivity index is 1.55. The number of carbonyl (C=O) groups is 1. The van der Waals surface area contributed by atoms with Crippen molar-refractivity contribution in [3.8, 4) is 5.75 Å². The molecule has 30 heavy (non-hydrogen) atoms. The molecule has 1 aliphatic heterocycles. The highest BCUT2D eigenvalue weighted by atomic mass is 35.5. The number of amides is 1. The zero-order valence-corrected chi connectivity index (χ0v) is 18.1. The first kappa shape index (κ1) is 21.0. The molecule has 1 amide bonds. The number of benzene rings is 3. The van der Waals surface area contributed by atoms with Crippen molar-refractivity contribution in [2.24, 2.45) is 0 Å². The fraction of sp³-hybridized carbons (Fsp3) is 0.174. The second-order valence-electron chi connectivity index (χ2n) is 6.87. The smallest absolute Gasteiger partial charge is 0.256 e. The Morgan fingerprint density at radius 3 is 2.40 bits per heavy atom. The molecular weight excluding hydrogens is 445 g/mol. The van der Waals surface area contributed by atoms with Crippen LogP contribution >= 0.6 is 34.8 Å². The van der Waals surface area contributed by atoms with Gasteiger partial charge in [0.1, 0.15) is 18.5 Å². The molecule has 4 nitrogen and oxygen atoms in total. The number of halogens is 3. The van der Waals surface area contributed by atoms with E-state index in [-0.39, 0.29) is 18.6 Å². The molecule has 154 valence electrons. The third-order valence-corrected chi connectivity index (χ3v) is 5.76. The number of hydrogen-bond acceptors (Lipinski definition) is 3. The van der Waals surface area contributed by atoms with Crippen LogP contribution in [0.3, 0.4) is 0 Å². The lowest BCUT2D eigenvalue weighted by Gasteiger charge is -2.23. The monoisotopic (exact) mass is 461 g/mol. The zero-order valence-electron chi connectivity index (χ0n) is 15.8. The summed E-state index contributed by atoms with van der Waals surface area (Å²) in [6, 6.07) is 21.4. The summed E-state index contributed by atoms with van der Waals surface area (Å²) in [6.45, 7) is 0.671. The molecule has 1 aliphatic rings. The van der Waals surface area contributed by atoms with E-state index in [1.165, 1.54) is 0 Å². The topological polar surface area (TPSA) is 38.8 Å². The summed E-state index contributed by atoms with van der Waals surface area (Å²) in [6.07, 6.45) is -0.904. The lowest BCUT2D eigenvalue weighted by molar-refractivity contribution is -0.0118. The summed E-state index contributed by atoms with van der Waals surface area (Å²) in [7, 11) is 0. The highest BCUT2D eigenvalue weighted by Crippen LogP contribution is 2.35. The van der Waals surface area contributed by atoms with Gasteiger partial charge in [-0.25, -0.2) is 0 Å². The second-order valence-corrected chi connectivity index (χ2v) is 8.12. The molecule has 1 fully saturated rings. The van der Waals surface area contributed by atoms with E-state index < -0.39 is 6.23 Å². The van der Waals surface area contributed by atoms with Gasteiger partial charge in [0.25, 0.3) is 5.91 Å². The molecule has 2 atom stereocenters. The maximum Gasteiger partial charge on any atom is 0.256 e. The van der Waals surface area contributed by atoms with E-state index in [0.29, 0.717) is 32.9 Å². The minimum absolute atomic E-state index is 0.124. The van der Waals surface area contributed by atoms with E-state index >= 15 is 0 Å². The predicted octanol–water partition coefficient (Wildman–Crippen LogP) is 6.27. The number of ether oxygens (including phenoxy) is 2. The van der Waals surface area contributed by atoms with Crippen molar-refractivity contribution in [1.29, 1.82) is 0 Å². The largest absolute Gasteiger partial charge is 0.491 e. The summed E-state index contributed by atoms with van der Waals surface area (Å²) < 4.78 is 12.0. The molecular formula is C23H18Cl3NO3. The van der Waals surface area contributed by atoms with Gasteiger partial charge in [0.2, 0.25) is 0 Å². The molecule has 0 spiro atoms. The van der Waals surface area contributed by atoms with Crippen LogP contribution in [0.4, 0.5) is 0 Å². The molecule has 0 bridgehead atoms. The van der Waals surface area contributed by atoms with Crippen LogP contribution < -0.4 is 4.74 Å². The van der Waals surface area contributed by atoms with Gasteiger partial charge in [-0.2, -0.15) is 0 Å². The van der Waals surface area contributed by atoms with Gasteiger partial charge in [0.15, 0.2) is 6.23 Å². The summed E-state index contributed by atoms with van der Waals surface area (Å²) in [5.74, 6) is 0.558. The number of hydrogen-bond donors (Lipinski definition) is 0. The maximum atomic E-state index is 13.2. The minimum atomic E-state index is -0.591. The van der Waals surface area contributed by atoms with Crippen LogP contribution in [0.2, 0.25) is 15.1 Å². The predicted molar refractivity (Wildman–Crippen MR) is 119 cm³/mol. The quantitative estimate of drug-likeness (QED) is 0.449. The Hall–Kier alpha value is -2.24. The van der Waals surface area contributed by atoms with Gasteiger partial charge in [0, 0.05) is 16.1 Å². The first-order valence-corrected chi connectivity index (χ1v) is 10.5. The molecule has 0 saturated carbocycles. The molecule has 1 saturated heterocycles. The second kappa shape index (κ2) is 9.27. The Kier molecular flexibility index (Phi) is 6.49. The molecule has 1 heterocycles. The molecule has 0 aromatic heterocycles. The van der Waals surface area contributed by atoms with Crippen LogP contribution in [0.25, 0.3) is 0 Å². The molecule has 0 unspecified atom stereocenters. The third-order valence-electron chi connectivity index (χ3n) is 4.76. The average Bonchev–Trinajstić information content (AvgIpc) is 3.19. The van der Waals surface area contributed by atoms with Crippen molar-refractivity contribution < 1.29 is 14.3 Å². The summed E-state index contributed by atoms with van der Waals surface area (Å²) >= 11 is 18.2. The summed E-state index contributed by atoms with van der Waals surface area (Å²) in [5.41, 5.74) is 1.34. The molecule has 3 aromatic carbocycles. The highest BCUT2D eigenvalue weighted by Gasteiger charge is 2.38. The van der Waals surface area contributed by atoms with Gasteiger partial charge in [-0.1, -0.05) is 59.1 Å². The SMILES string of the molecule is O=C(c1ccccc1)N1C[C@H](COc2ccc(Cl)cc2)O[C@@H]1c1ccc(Cl)c(Cl)c1. The molecule has 0 aliphatic carbocycles. The summed E-state index contributed by atoms with van der Waals surface area (Å²) in [4.78, 5) is 14.9. The Morgan fingerprint density at radius 2 is 1.70 bits per heavy atom. The van der Waals surface area contributed by atoms with E-state index in [0.717, 1.165) is 5.56 Å². The van der Waals surface area contributed by atoms with Gasteiger partial charge >= 0.3 is 0 Å². The Bertz CT molecular complexity index is 1030. The fourth-order valence-electron chi connectivity index (χ4n) is 3.29. The Morgan fingerprint density at radius 1 is 0.967 bits per heavy atom. The van der Waals surface area contributed by atoms with Gasteiger partial charge in [-0.05, 0) is 48.5 Å². The Labute approximate surface area is 189 Å². The summed E-state index contributed by atoms with van der Waals surface area (Å²) in [5, 5.41) is 1.49. The number of nitrogens with zero attached hydrogens (tertiary/aromatic N) is 1. The maximum absolute atomic E-state index is 13.2. The van der Waals surface area contributed by atoms with Crippen LogP contribution in [-0.2, 0) is 4.74 Å². The van der Waals surface area contributed by atoms with Crippen molar-refractivity contribution in [2.75, 3.05) is 13.2 Å². The van der Waals surface area contributed by atoms with Crippen molar-refractivity contribution in [1.82, 2.24) is 4.90 Å². The van der Waals surface area contributed by atoms with Crippen molar-refractivity contribution in [2.45, 2.75) is 12.3 Å². The molecule has 7 heteroatoms. The van der Waals surface area contributed by atoms with Crippen LogP contribution in [0.5, 0.6) is 5.75 Å². The standard InChI is InChI=1S/C23H18Cl3NO3/c24-17-7-9-18(10-8-17)29-14-19-13-27(22(28)15-4-2-1-3-5-15)23(30-19)16-6-11-20(25)21(26)12-16/h1-12,19,23H,13-14H2/t19-,23-/m1/s1. The van der Waals surface area contributed by atoms with E-state index in [1.807, 2.05) is 24.3 Å². The minimum Gasteiger partial charge on any atom is -0.491 e. The van der Waals surface area contributed by atoms with Gasteiger partial charge in [-0.15, -0.1) is 0 Å². The van der Waals surface area contributed by atoms with Crippen LogP contribution in [0, 0.1) is 0 Å². The van der Waals surface area contributed by atoms with E-state index in [2.05, 4.69) is 0 Å². The van der Waals surface area contributed by atoms with E-state index in [9.17, 15) is 4.79 Å². The van der Waals surface area contributed by atoms with Gasteiger partial charge in [-0.3, -0.25) is 4.79 Å². The lowest BCUT2D eigenvalue weighted by Crippen LogP contribution is -2.32. The fourth-order valence-corrected chi connectivity index (χ4v) is 3.72. The van der Waals surface area contributed by atoms with E-state index in [1.54, 1.807) is 53.4 Å². The molecule has 0 radical (unpaired) electrons. The number of carbonyl (C=O) groups excluding carboxylic acids is 1. The van der Waals surface area contributed by atoms with Crippen molar-refractivity contribution in [3.63, 3.8) is 0 Å². The third kappa shape index (κ3) is 4.73. The van der Waals surface area contributed by atoms with Crippen LogP contribution in [-0.4, -0.2) is 30.1 Å². The molecule has 4 rings (SSSR count). The first-order chi connectivity index (χ1) is 14.5. The molecule has 0 N–H and O–H groups in total. The number of rotatable bonds is 5. The highest BCUT2D eigenvalue weighted by molar-refractivity contribution is 6.42. The normalized spacial score (nSPS) is 18.4. The van der Waals surface area contributed by atoms with Gasteiger partial charge < -0.3 is 14.4 Å². The van der Waals surface area contributed by atoms with Crippen LogP contribution in [0.15, 0.2) is 72.8 Å². The van der Waals surface area contributed by atoms with Crippen molar-refractivity contribution >= 4 is 40.7 Å². The first-order valence-electron chi connectivity index (χ1n) is 9.36. The van der Waals surface area contributed by atoms with Crippen LogP contribution in [0.1, 0.15) is 22.1 Å². The van der Waals surface area contributed by atoms with Crippen molar-refractivity contribution in [3.05, 3.63) is 99.0 Å².